The number of amides is 1. The minimum atomic E-state index is -0.363. The summed E-state index contributed by atoms with van der Waals surface area (Å²) >= 11 is 0. The Labute approximate surface area is 104 Å². The van der Waals surface area contributed by atoms with Crippen LogP contribution in [0.2, 0.25) is 0 Å². The van der Waals surface area contributed by atoms with Gasteiger partial charge >= 0.3 is 0 Å². The molecule has 88 valence electrons. The van der Waals surface area contributed by atoms with Gasteiger partial charge < -0.3 is 11.1 Å². The van der Waals surface area contributed by atoms with Crippen LogP contribution in [0, 0.1) is 11.3 Å². The Hall–Kier alpha value is -2.87. The molecule has 0 aliphatic heterocycles. The van der Waals surface area contributed by atoms with E-state index in [0.29, 0.717) is 22.5 Å². The van der Waals surface area contributed by atoms with Gasteiger partial charge in [-0.05, 0) is 18.2 Å². The first-order chi connectivity index (χ1) is 8.72. The maximum Gasteiger partial charge on any atom is 0.257 e. The fourth-order valence-corrected chi connectivity index (χ4v) is 1.49. The van der Waals surface area contributed by atoms with Crippen molar-refractivity contribution < 1.29 is 4.79 Å². The number of rotatable bonds is 2. The smallest absolute Gasteiger partial charge is 0.257 e. The molecule has 0 saturated carbocycles. The lowest BCUT2D eigenvalue weighted by Gasteiger charge is -2.08. The van der Waals surface area contributed by atoms with Crippen LogP contribution in [0.4, 0.5) is 11.4 Å². The van der Waals surface area contributed by atoms with Gasteiger partial charge in [-0.2, -0.15) is 5.26 Å². The molecule has 2 rings (SSSR count). The Bertz CT molecular complexity index is 631. The normalized spacial score (nSPS) is 9.50. The number of para-hydroxylation sites is 1. The molecule has 0 aliphatic carbocycles. The second-order valence-corrected chi connectivity index (χ2v) is 3.57. The number of nitriles is 1. The second-order valence-electron chi connectivity index (χ2n) is 3.57. The van der Waals surface area contributed by atoms with Gasteiger partial charge in [0.25, 0.3) is 5.91 Å². The topological polar surface area (TPSA) is 91.8 Å². The monoisotopic (exact) mass is 238 g/mol. The van der Waals surface area contributed by atoms with Crippen LogP contribution in [0.5, 0.6) is 0 Å². The number of hydrogen-bond acceptors (Lipinski definition) is 4. The molecule has 1 aromatic heterocycles. The highest BCUT2D eigenvalue weighted by Crippen LogP contribution is 2.16. The SMILES string of the molecule is N#Cc1ccccc1NC(=O)c1ccncc1N. The summed E-state index contributed by atoms with van der Waals surface area (Å²) in [6.45, 7) is 0. The predicted octanol–water partition coefficient (Wildman–Crippen LogP) is 1.79. The van der Waals surface area contributed by atoms with E-state index in [1.165, 1.54) is 18.5 Å². The van der Waals surface area contributed by atoms with E-state index in [4.69, 9.17) is 11.0 Å². The highest BCUT2D eigenvalue weighted by Gasteiger charge is 2.11. The molecule has 0 radical (unpaired) electrons. The lowest BCUT2D eigenvalue weighted by Crippen LogP contribution is -2.14. The van der Waals surface area contributed by atoms with Gasteiger partial charge in [-0.1, -0.05) is 12.1 Å². The zero-order chi connectivity index (χ0) is 13.0. The quantitative estimate of drug-likeness (QED) is 0.834. The minimum absolute atomic E-state index is 0.296. The Morgan fingerprint density at radius 2 is 2.11 bits per heavy atom. The molecule has 0 unspecified atom stereocenters. The van der Waals surface area contributed by atoms with Gasteiger partial charge in [-0.25, -0.2) is 0 Å². The van der Waals surface area contributed by atoms with Crippen molar-refractivity contribution in [3.05, 3.63) is 53.9 Å². The molecule has 5 nitrogen and oxygen atoms in total. The van der Waals surface area contributed by atoms with E-state index in [1.54, 1.807) is 24.3 Å². The molecule has 1 heterocycles. The summed E-state index contributed by atoms with van der Waals surface area (Å²) in [6, 6.07) is 10.3. The lowest BCUT2D eigenvalue weighted by molar-refractivity contribution is 0.102. The molecule has 0 bridgehead atoms. The number of hydrogen-bond donors (Lipinski definition) is 2. The van der Waals surface area contributed by atoms with Crippen molar-refractivity contribution in [3.8, 4) is 6.07 Å². The Morgan fingerprint density at radius 1 is 1.33 bits per heavy atom. The van der Waals surface area contributed by atoms with E-state index < -0.39 is 0 Å². The minimum Gasteiger partial charge on any atom is -0.397 e. The highest BCUT2D eigenvalue weighted by atomic mass is 16.1. The van der Waals surface area contributed by atoms with Gasteiger partial charge in [0.2, 0.25) is 0 Å². The lowest BCUT2D eigenvalue weighted by atomic mass is 10.1. The number of carbonyl (C=O) groups is 1. The van der Waals surface area contributed by atoms with Crippen LogP contribution in [0.25, 0.3) is 0 Å². The summed E-state index contributed by atoms with van der Waals surface area (Å²) in [6.07, 6.45) is 2.90. The van der Waals surface area contributed by atoms with Crippen LogP contribution in [-0.2, 0) is 0 Å². The zero-order valence-corrected chi connectivity index (χ0v) is 9.42. The number of aromatic nitrogens is 1. The van der Waals surface area contributed by atoms with Crippen molar-refractivity contribution in [2.75, 3.05) is 11.1 Å². The number of carbonyl (C=O) groups excluding carboxylic acids is 1. The number of nitrogens with two attached hydrogens (primary N) is 1. The first kappa shape index (κ1) is 11.6. The molecular weight excluding hydrogens is 228 g/mol. The Kier molecular flexibility index (Phi) is 3.21. The Balaban J connectivity index is 2.28. The van der Waals surface area contributed by atoms with Crippen molar-refractivity contribution in [1.82, 2.24) is 4.98 Å². The molecular formula is C13H10N4O. The van der Waals surface area contributed by atoms with Crippen LogP contribution in [0.15, 0.2) is 42.7 Å². The molecule has 0 aliphatic rings. The largest absolute Gasteiger partial charge is 0.397 e. The number of nitrogens with one attached hydrogen (secondary N) is 1. The molecule has 0 fully saturated rings. The summed E-state index contributed by atoms with van der Waals surface area (Å²) < 4.78 is 0. The van der Waals surface area contributed by atoms with E-state index in [0.717, 1.165) is 0 Å². The molecule has 18 heavy (non-hydrogen) atoms. The third-order valence-corrected chi connectivity index (χ3v) is 2.39. The summed E-state index contributed by atoms with van der Waals surface area (Å²) in [5, 5.41) is 11.6. The average molecular weight is 238 g/mol. The summed E-state index contributed by atoms with van der Waals surface area (Å²) in [7, 11) is 0. The molecule has 5 heteroatoms. The predicted molar refractivity (Wildman–Crippen MR) is 67.8 cm³/mol. The highest BCUT2D eigenvalue weighted by molar-refractivity contribution is 6.08. The first-order valence-corrected chi connectivity index (χ1v) is 5.22. The number of nitrogens with zero attached hydrogens (tertiary/aromatic N) is 2. The standard InChI is InChI=1S/C13H10N4O/c14-7-9-3-1-2-4-12(9)17-13(18)10-5-6-16-8-11(10)15/h1-6,8H,15H2,(H,17,18). The second kappa shape index (κ2) is 4.97. The number of nitrogen functional groups attached to an aromatic ring is 1. The molecule has 2 aromatic rings. The van der Waals surface area contributed by atoms with Gasteiger partial charge in [0.1, 0.15) is 6.07 Å². The third kappa shape index (κ3) is 2.28. The first-order valence-electron chi connectivity index (χ1n) is 5.22. The van der Waals surface area contributed by atoms with E-state index in [9.17, 15) is 4.79 Å². The van der Waals surface area contributed by atoms with Gasteiger partial charge in [0.15, 0.2) is 0 Å². The van der Waals surface area contributed by atoms with Crippen molar-refractivity contribution in [3.63, 3.8) is 0 Å². The fourth-order valence-electron chi connectivity index (χ4n) is 1.49. The van der Waals surface area contributed by atoms with Crippen LogP contribution in [-0.4, -0.2) is 10.9 Å². The van der Waals surface area contributed by atoms with Gasteiger partial charge in [-0.3, -0.25) is 9.78 Å². The van der Waals surface area contributed by atoms with Gasteiger partial charge in [0.05, 0.1) is 28.7 Å². The summed E-state index contributed by atoms with van der Waals surface area (Å²) in [4.78, 5) is 15.8. The van der Waals surface area contributed by atoms with Crippen molar-refractivity contribution in [1.29, 1.82) is 5.26 Å². The van der Waals surface area contributed by atoms with Crippen LogP contribution < -0.4 is 11.1 Å². The Morgan fingerprint density at radius 3 is 2.83 bits per heavy atom. The third-order valence-electron chi connectivity index (χ3n) is 2.39. The molecule has 1 aromatic carbocycles. The van der Waals surface area contributed by atoms with Crippen LogP contribution >= 0.6 is 0 Å². The maximum atomic E-state index is 12.0. The van der Waals surface area contributed by atoms with E-state index in [1.807, 2.05) is 6.07 Å². The molecule has 0 atom stereocenters. The number of pyridine rings is 1. The summed E-state index contributed by atoms with van der Waals surface area (Å²) in [5.74, 6) is -0.363. The summed E-state index contributed by atoms with van der Waals surface area (Å²) in [5.41, 5.74) is 7.15. The van der Waals surface area contributed by atoms with E-state index in [-0.39, 0.29) is 5.91 Å². The number of anilines is 2. The van der Waals surface area contributed by atoms with Crippen LogP contribution in [0.1, 0.15) is 15.9 Å². The van der Waals surface area contributed by atoms with Crippen molar-refractivity contribution in [2.24, 2.45) is 0 Å². The van der Waals surface area contributed by atoms with Gasteiger partial charge in [-0.15, -0.1) is 0 Å². The zero-order valence-electron chi connectivity index (χ0n) is 9.42. The molecule has 0 saturated heterocycles. The fraction of sp³-hybridized carbons (Fsp3) is 0. The van der Waals surface area contributed by atoms with E-state index >= 15 is 0 Å². The van der Waals surface area contributed by atoms with Crippen molar-refractivity contribution in [2.45, 2.75) is 0 Å². The van der Waals surface area contributed by atoms with Gasteiger partial charge in [0, 0.05) is 6.20 Å². The number of benzene rings is 1. The molecule has 1 amide bonds. The van der Waals surface area contributed by atoms with Crippen molar-refractivity contribution >= 4 is 17.3 Å². The maximum absolute atomic E-state index is 12.0. The van der Waals surface area contributed by atoms with Crippen LogP contribution in [0.3, 0.4) is 0 Å². The average Bonchev–Trinajstić information content (AvgIpc) is 2.39. The molecule has 3 N–H and O–H groups in total. The molecule has 0 spiro atoms. The van der Waals surface area contributed by atoms with E-state index in [2.05, 4.69) is 10.3 Å².